The normalized spacial score (nSPS) is 23.4. The number of hydrogen-bond acceptors (Lipinski definition) is 13. The maximum absolute atomic E-state index is 13.3. The number of nitrogens with one attached hydrogen (secondary N) is 1. The van der Waals surface area contributed by atoms with E-state index in [9.17, 15) is 45.6 Å². The van der Waals surface area contributed by atoms with E-state index in [0.29, 0.717) is 12.8 Å². The predicted octanol–water partition coefficient (Wildman–Crippen LogP) is 15.3. The second-order valence-electron chi connectivity index (χ2n) is 26.1. The number of aliphatic hydroxyl groups excluding tert-OH is 8. The number of allylic oxidation sites excluding steroid dienone is 5. The van der Waals surface area contributed by atoms with Crippen molar-refractivity contribution in [1.29, 1.82) is 0 Å². The largest absolute Gasteiger partial charge is 0.394 e. The standard InChI is InChI=1S/C73H137NO13/c1-3-5-7-9-11-13-15-17-19-21-23-24-25-26-27-28-29-30-31-32-33-34-35-36-37-39-41-43-45-47-49-51-53-55-57-65(78)74-61(62(77)56-54-52-50-48-46-44-42-40-38-22-20-18-16-14-12-10-8-6-4-2)60-84-72-70(83)68(81)71(64(59-76)86-72)87-73-69(82)67(80)66(79)63(58-75)85-73/h38,40,46,48,54,56,61-64,66-73,75-77,79-83H,3-37,39,41-45,47,49-53,55,57-60H2,1-2H3,(H,74,78)/b40-38+,48-46+,56-54+. The molecule has 1 amide bonds. The summed E-state index contributed by atoms with van der Waals surface area (Å²) in [6.45, 7) is 2.82. The quantitative estimate of drug-likeness (QED) is 0.0204. The topological polar surface area (TPSA) is 228 Å². The first-order chi connectivity index (χ1) is 42.6. The molecular formula is C73H137NO13. The van der Waals surface area contributed by atoms with E-state index in [-0.39, 0.29) is 18.9 Å². The van der Waals surface area contributed by atoms with E-state index >= 15 is 0 Å². The van der Waals surface area contributed by atoms with Crippen LogP contribution in [-0.2, 0) is 23.7 Å². The van der Waals surface area contributed by atoms with Crippen molar-refractivity contribution in [2.75, 3.05) is 19.8 Å². The van der Waals surface area contributed by atoms with Crippen molar-refractivity contribution in [3.05, 3.63) is 36.5 Å². The van der Waals surface area contributed by atoms with Gasteiger partial charge in [0.25, 0.3) is 0 Å². The van der Waals surface area contributed by atoms with Gasteiger partial charge in [-0.05, 0) is 44.9 Å². The molecule has 0 aliphatic carbocycles. The van der Waals surface area contributed by atoms with Crippen molar-refractivity contribution in [2.24, 2.45) is 0 Å². The molecule has 0 aromatic heterocycles. The molecule has 512 valence electrons. The van der Waals surface area contributed by atoms with Crippen molar-refractivity contribution in [3.8, 4) is 0 Å². The van der Waals surface area contributed by atoms with Crippen LogP contribution < -0.4 is 5.32 Å². The molecule has 2 aliphatic rings. The zero-order valence-electron chi connectivity index (χ0n) is 55.8. The molecule has 12 unspecified atom stereocenters. The number of amides is 1. The van der Waals surface area contributed by atoms with Gasteiger partial charge >= 0.3 is 0 Å². The number of hydrogen-bond donors (Lipinski definition) is 9. The van der Waals surface area contributed by atoms with Gasteiger partial charge in [0.1, 0.15) is 48.8 Å². The zero-order valence-corrected chi connectivity index (χ0v) is 55.8. The van der Waals surface area contributed by atoms with Gasteiger partial charge < -0.3 is 65.1 Å². The Morgan fingerprint density at radius 3 is 1.13 bits per heavy atom. The maximum Gasteiger partial charge on any atom is 0.220 e. The minimum absolute atomic E-state index is 0.247. The van der Waals surface area contributed by atoms with Gasteiger partial charge in [0.2, 0.25) is 5.91 Å². The van der Waals surface area contributed by atoms with Gasteiger partial charge in [-0.15, -0.1) is 0 Å². The third kappa shape index (κ3) is 42.1. The van der Waals surface area contributed by atoms with Crippen molar-refractivity contribution in [1.82, 2.24) is 5.32 Å². The first kappa shape index (κ1) is 81.3. The number of ether oxygens (including phenoxy) is 4. The summed E-state index contributed by atoms with van der Waals surface area (Å²) in [5.74, 6) is -0.247. The molecule has 2 saturated heterocycles. The van der Waals surface area contributed by atoms with Crippen LogP contribution in [-0.4, -0.2) is 140 Å². The molecule has 14 nitrogen and oxygen atoms in total. The van der Waals surface area contributed by atoms with Gasteiger partial charge in [0, 0.05) is 6.42 Å². The van der Waals surface area contributed by atoms with E-state index < -0.39 is 86.8 Å². The Balaban J connectivity index is 1.63. The molecule has 0 saturated carbocycles. The van der Waals surface area contributed by atoms with E-state index in [1.54, 1.807) is 6.08 Å². The fourth-order valence-electron chi connectivity index (χ4n) is 12.2. The molecule has 2 heterocycles. The van der Waals surface area contributed by atoms with Crippen molar-refractivity contribution < 1.29 is 64.6 Å². The van der Waals surface area contributed by atoms with Crippen LogP contribution >= 0.6 is 0 Å². The summed E-state index contributed by atoms with van der Waals surface area (Å²) in [7, 11) is 0. The third-order valence-electron chi connectivity index (χ3n) is 18.1. The monoisotopic (exact) mass is 1240 g/mol. The lowest BCUT2D eigenvalue weighted by molar-refractivity contribution is -0.359. The summed E-state index contributed by atoms with van der Waals surface area (Å²) in [6, 6.07) is -0.937. The number of carbonyl (C=O) groups excluding carboxylic acids is 1. The van der Waals surface area contributed by atoms with Crippen LogP contribution in [0.4, 0.5) is 0 Å². The van der Waals surface area contributed by atoms with Crippen LogP contribution in [0.5, 0.6) is 0 Å². The Kier molecular flexibility index (Phi) is 54.3. The number of aliphatic hydroxyl groups is 8. The zero-order chi connectivity index (χ0) is 63.1. The highest BCUT2D eigenvalue weighted by molar-refractivity contribution is 5.76. The fraction of sp³-hybridized carbons (Fsp3) is 0.904. The highest BCUT2D eigenvalue weighted by Gasteiger charge is 2.51. The Labute approximate surface area is 531 Å². The molecular weight excluding hydrogens is 1100 g/mol. The van der Waals surface area contributed by atoms with Crippen LogP contribution in [0.15, 0.2) is 36.5 Å². The van der Waals surface area contributed by atoms with Gasteiger partial charge in [0.15, 0.2) is 12.6 Å². The van der Waals surface area contributed by atoms with Crippen molar-refractivity contribution >= 4 is 5.91 Å². The van der Waals surface area contributed by atoms with Gasteiger partial charge in [-0.2, -0.15) is 0 Å². The number of rotatable bonds is 61. The van der Waals surface area contributed by atoms with Crippen LogP contribution in [0.1, 0.15) is 328 Å². The molecule has 0 bridgehead atoms. The lowest BCUT2D eigenvalue weighted by Gasteiger charge is -2.46. The van der Waals surface area contributed by atoms with Gasteiger partial charge in [-0.3, -0.25) is 4.79 Å². The molecule has 0 spiro atoms. The minimum atomic E-state index is -1.79. The summed E-state index contributed by atoms with van der Waals surface area (Å²) in [6.07, 6.45) is 58.0. The minimum Gasteiger partial charge on any atom is -0.394 e. The number of carbonyl (C=O) groups is 1. The SMILES string of the molecule is CCCCCCCCCCC/C=C/CC/C=C/CC/C=C/C(O)C(COC1OC(CO)C(OC2OC(CO)C(O)C(O)C2O)C(O)C1O)NC(=O)CCCCCCCCCCCCCCCCCCCCCCCCCCCCCCCCCCCC. The molecule has 0 aromatic rings. The molecule has 2 rings (SSSR count). The summed E-state index contributed by atoms with van der Waals surface area (Å²) < 4.78 is 22.8. The van der Waals surface area contributed by atoms with Gasteiger partial charge in [-0.25, -0.2) is 0 Å². The average molecular weight is 1240 g/mol. The summed E-state index contributed by atoms with van der Waals surface area (Å²) in [5, 5.41) is 87.4. The predicted molar refractivity (Wildman–Crippen MR) is 355 cm³/mol. The van der Waals surface area contributed by atoms with Crippen molar-refractivity contribution in [3.63, 3.8) is 0 Å². The van der Waals surface area contributed by atoms with E-state index in [2.05, 4.69) is 43.5 Å². The van der Waals surface area contributed by atoms with Gasteiger partial charge in [0.05, 0.1) is 32.0 Å². The van der Waals surface area contributed by atoms with E-state index in [4.69, 9.17) is 18.9 Å². The van der Waals surface area contributed by atoms with Crippen LogP contribution in [0.2, 0.25) is 0 Å². The van der Waals surface area contributed by atoms with Crippen molar-refractivity contribution in [2.45, 2.75) is 402 Å². The summed E-state index contributed by atoms with van der Waals surface area (Å²) in [4.78, 5) is 13.3. The smallest absolute Gasteiger partial charge is 0.220 e. The van der Waals surface area contributed by atoms with Gasteiger partial charge in [-0.1, -0.05) is 314 Å². The molecule has 12 atom stereocenters. The first-order valence-electron chi connectivity index (χ1n) is 36.7. The Hall–Kier alpha value is -1.79. The molecule has 87 heavy (non-hydrogen) atoms. The number of unbranched alkanes of at least 4 members (excludes halogenated alkanes) is 44. The molecule has 0 radical (unpaired) electrons. The molecule has 9 N–H and O–H groups in total. The van der Waals surface area contributed by atoms with E-state index in [0.717, 1.165) is 44.9 Å². The van der Waals surface area contributed by atoms with E-state index in [1.807, 2.05) is 6.08 Å². The summed E-state index contributed by atoms with van der Waals surface area (Å²) >= 11 is 0. The molecule has 2 aliphatic heterocycles. The molecule has 0 aromatic carbocycles. The lowest BCUT2D eigenvalue weighted by atomic mass is 9.97. The lowest BCUT2D eigenvalue weighted by Crippen LogP contribution is -2.65. The molecule has 14 heteroatoms. The second kappa shape index (κ2) is 58.1. The Morgan fingerprint density at radius 1 is 0.402 bits per heavy atom. The van der Waals surface area contributed by atoms with E-state index in [1.165, 1.54) is 250 Å². The van der Waals surface area contributed by atoms with Crippen LogP contribution in [0.25, 0.3) is 0 Å². The third-order valence-corrected chi connectivity index (χ3v) is 18.1. The fourth-order valence-corrected chi connectivity index (χ4v) is 12.2. The highest BCUT2D eigenvalue weighted by Crippen LogP contribution is 2.30. The maximum atomic E-state index is 13.3. The Morgan fingerprint density at radius 2 is 0.736 bits per heavy atom. The summed E-state index contributed by atoms with van der Waals surface area (Å²) in [5.41, 5.74) is 0. The second-order valence-corrected chi connectivity index (χ2v) is 26.1. The van der Waals surface area contributed by atoms with Crippen LogP contribution in [0.3, 0.4) is 0 Å². The molecule has 2 fully saturated rings. The first-order valence-corrected chi connectivity index (χ1v) is 36.7. The van der Waals surface area contributed by atoms with Crippen LogP contribution in [0, 0.1) is 0 Å². The Bertz CT molecular complexity index is 1600. The highest BCUT2D eigenvalue weighted by atomic mass is 16.7. The average Bonchev–Trinajstić information content (AvgIpc) is 2.34.